The Hall–Kier alpha value is -1.57. The molecule has 0 aromatic carbocycles. The largest absolute Gasteiger partial charge is 0.469 e. The zero-order valence-corrected chi connectivity index (χ0v) is 11.2. The Morgan fingerprint density at radius 3 is 2.79 bits per heavy atom. The Bertz CT molecular complexity index is 637. The van der Waals surface area contributed by atoms with E-state index in [1.807, 2.05) is 0 Å². The van der Waals surface area contributed by atoms with Crippen molar-refractivity contribution < 1.29 is 22.7 Å². The van der Waals surface area contributed by atoms with Crippen molar-refractivity contribution >= 4 is 27.5 Å². The average Bonchev–Trinajstić information content (AvgIpc) is 2.65. The van der Waals surface area contributed by atoms with E-state index in [1.54, 1.807) is 6.07 Å². The van der Waals surface area contributed by atoms with Crippen LogP contribution in [-0.4, -0.2) is 22.5 Å². The fraction of sp³-hybridized carbons (Fsp3) is 0.273. The van der Waals surface area contributed by atoms with Crippen molar-refractivity contribution in [3.63, 3.8) is 0 Å². The Kier molecular flexibility index (Phi) is 3.53. The third-order valence-electron chi connectivity index (χ3n) is 2.50. The van der Waals surface area contributed by atoms with E-state index in [1.165, 1.54) is 17.7 Å². The lowest BCUT2D eigenvalue weighted by molar-refractivity contribution is -0.141. The number of aromatic nitrogens is 2. The third kappa shape index (κ3) is 2.73. The van der Waals surface area contributed by atoms with Crippen molar-refractivity contribution in [2.24, 2.45) is 0 Å². The second-order valence-corrected chi connectivity index (χ2v) is 4.60. The minimum Gasteiger partial charge on any atom is -0.469 e. The lowest BCUT2D eigenvalue weighted by atomic mass is 10.3. The van der Waals surface area contributed by atoms with Gasteiger partial charge in [-0.1, -0.05) is 0 Å². The van der Waals surface area contributed by atoms with E-state index in [0.29, 0.717) is 10.2 Å². The van der Waals surface area contributed by atoms with Crippen LogP contribution in [0.25, 0.3) is 5.65 Å². The number of ether oxygens (including phenoxy) is 1. The predicted molar refractivity (Wildman–Crippen MR) is 63.6 cm³/mol. The van der Waals surface area contributed by atoms with Crippen LogP contribution in [0.5, 0.6) is 0 Å². The van der Waals surface area contributed by atoms with Crippen LogP contribution in [0, 0.1) is 0 Å². The van der Waals surface area contributed by atoms with Gasteiger partial charge in [0.15, 0.2) is 5.65 Å². The summed E-state index contributed by atoms with van der Waals surface area (Å²) in [6.45, 7) is 0. The van der Waals surface area contributed by atoms with Crippen molar-refractivity contribution in [3.8, 4) is 0 Å². The van der Waals surface area contributed by atoms with E-state index in [-0.39, 0.29) is 12.1 Å². The molecule has 8 heteroatoms. The molecule has 0 aliphatic rings. The lowest BCUT2D eigenvalue weighted by Gasteiger charge is -2.07. The summed E-state index contributed by atoms with van der Waals surface area (Å²) in [5.74, 6) is -0.480. The molecule has 2 heterocycles. The molecule has 4 nitrogen and oxygen atoms in total. The number of carbonyl (C=O) groups is 1. The van der Waals surface area contributed by atoms with E-state index in [2.05, 4.69) is 25.7 Å². The van der Waals surface area contributed by atoms with Gasteiger partial charge in [-0.3, -0.25) is 4.79 Å². The molecule has 0 saturated heterocycles. The van der Waals surface area contributed by atoms with E-state index in [9.17, 15) is 18.0 Å². The first-order chi connectivity index (χ1) is 8.82. The van der Waals surface area contributed by atoms with Crippen molar-refractivity contribution in [1.82, 2.24) is 9.38 Å². The number of carbonyl (C=O) groups excluding carboxylic acids is 1. The molecule has 2 rings (SSSR count). The summed E-state index contributed by atoms with van der Waals surface area (Å²) in [5.41, 5.74) is -0.382. The maximum atomic E-state index is 12.6. The van der Waals surface area contributed by atoms with Gasteiger partial charge in [0.2, 0.25) is 0 Å². The molecule has 0 atom stereocenters. The second-order valence-electron chi connectivity index (χ2n) is 3.74. The quantitative estimate of drug-likeness (QED) is 0.792. The summed E-state index contributed by atoms with van der Waals surface area (Å²) >= 11 is 3.13. The van der Waals surface area contributed by atoms with E-state index >= 15 is 0 Å². The van der Waals surface area contributed by atoms with Crippen LogP contribution in [0.4, 0.5) is 13.2 Å². The van der Waals surface area contributed by atoms with Crippen LogP contribution in [0.15, 0.2) is 22.8 Å². The second kappa shape index (κ2) is 4.84. The molecule has 2 aromatic rings. The smallest absolute Gasteiger partial charge is 0.433 e. The number of hydrogen-bond donors (Lipinski definition) is 0. The monoisotopic (exact) mass is 336 g/mol. The number of methoxy groups -OCH3 is 1. The number of nitrogens with zero attached hydrogens (tertiary/aromatic N) is 2. The minimum absolute atomic E-state index is 0.0453. The fourth-order valence-corrected chi connectivity index (χ4v) is 2.16. The maximum absolute atomic E-state index is 12.6. The van der Waals surface area contributed by atoms with Gasteiger partial charge in [-0.15, -0.1) is 0 Å². The summed E-state index contributed by atoms with van der Waals surface area (Å²) in [7, 11) is 1.24. The van der Waals surface area contributed by atoms with Crippen LogP contribution < -0.4 is 0 Å². The van der Waals surface area contributed by atoms with Gasteiger partial charge in [0.1, 0.15) is 5.69 Å². The van der Waals surface area contributed by atoms with Gasteiger partial charge in [0, 0.05) is 11.9 Å². The molecule has 0 N–H and O–H groups in total. The summed E-state index contributed by atoms with van der Waals surface area (Å²) in [4.78, 5) is 14.7. The Morgan fingerprint density at radius 1 is 1.53 bits per heavy atom. The van der Waals surface area contributed by atoms with Crippen LogP contribution in [0.1, 0.15) is 11.4 Å². The molecule has 0 radical (unpaired) electrons. The Labute approximate surface area is 114 Å². The number of rotatable bonds is 2. The van der Waals surface area contributed by atoms with Crippen molar-refractivity contribution in [3.05, 3.63) is 34.2 Å². The zero-order chi connectivity index (χ0) is 14.2. The number of halogens is 4. The van der Waals surface area contributed by atoms with Gasteiger partial charge in [-0.2, -0.15) is 13.2 Å². The molecule has 19 heavy (non-hydrogen) atoms. The number of fused-ring (bicyclic) bond motifs is 1. The van der Waals surface area contributed by atoms with Crippen LogP contribution in [0.2, 0.25) is 0 Å². The minimum atomic E-state index is -4.51. The maximum Gasteiger partial charge on any atom is 0.433 e. The average molecular weight is 337 g/mol. The molecule has 0 fully saturated rings. The summed E-state index contributed by atoms with van der Waals surface area (Å²) in [6.07, 6.45) is -3.32. The predicted octanol–water partition coefficient (Wildman–Crippen LogP) is 2.83. The van der Waals surface area contributed by atoms with Crippen LogP contribution in [0.3, 0.4) is 0 Å². The Morgan fingerprint density at radius 2 is 2.21 bits per heavy atom. The van der Waals surface area contributed by atoms with E-state index in [0.717, 1.165) is 6.07 Å². The van der Waals surface area contributed by atoms with E-state index < -0.39 is 17.8 Å². The first-order valence-corrected chi connectivity index (χ1v) is 5.92. The highest BCUT2D eigenvalue weighted by Crippen LogP contribution is 2.30. The zero-order valence-electron chi connectivity index (χ0n) is 9.66. The van der Waals surface area contributed by atoms with Gasteiger partial charge >= 0.3 is 12.1 Å². The molecule has 102 valence electrons. The highest BCUT2D eigenvalue weighted by atomic mass is 79.9. The molecule has 0 unspecified atom stereocenters. The fourth-order valence-electron chi connectivity index (χ4n) is 1.62. The molecule has 0 amide bonds. The highest BCUT2D eigenvalue weighted by Gasteiger charge is 2.33. The van der Waals surface area contributed by atoms with E-state index in [4.69, 9.17) is 0 Å². The van der Waals surface area contributed by atoms with Crippen LogP contribution >= 0.6 is 15.9 Å². The molecule has 2 aromatic heterocycles. The molecule has 0 saturated carbocycles. The first-order valence-electron chi connectivity index (χ1n) is 5.13. The van der Waals surface area contributed by atoms with Crippen molar-refractivity contribution in [2.45, 2.75) is 12.6 Å². The molecule has 0 bridgehead atoms. The summed E-state index contributed by atoms with van der Waals surface area (Å²) in [5, 5.41) is 0. The number of esters is 1. The molecular formula is C11H8BrF3N2O2. The molecule has 0 spiro atoms. The topological polar surface area (TPSA) is 43.6 Å². The van der Waals surface area contributed by atoms with Gasteiger partial charge in [0.25, 0.3) is 0 Å². The van der Waals surface area contributed by atoms with Gasteiger partial charge in [0.05, 0.1) is 18.0 Å². The van der Waals surface area contributed by atoms with Gasteiger partial charge < -0.3 is 9.14 Å². The van der Waals surface area contributed by atoms with Crippen molar-refractivity contribution in [2.75, 3.05) is 7.11 Å². The SMILES string of the molecule is COC(=O)Cc1cc(Br)c2nc(C(F)(F)F)ccn12. The molecule has 0 aliphatic heterocycles. The number of alkyl halides is 3. The normalized spacial score (nSPS) is 11.8. The molecular weight excluding hydrogens is 329 g/mol. The first kappa shape index (κ1) is 13.9. The highest BCUT2D eigenvalue weighted by molar-refractivity contribution is 9.10. The molecule has 0 aliphatic carbocycles. The summed E-state index contributed by atoms with van der Waals surface area (Å²) < 4.78 is 44.0. The Balaban J connectivity index is 2.51. The summed E-state index contributed by atoms with van der Waals surface area (Å²) in [6, 6.07) is 2.40. The third-order valence-corrected chi connectivity index (χ3v) is 3.08. The standard InChI is InChI=1S/C11H8BrF3N2O2/c1-19-9(18)5-6-4-7(12)10-16-8(11(13,14)15)2-3-17(6)10/h2-4H,5H2,1H3. The number of hydrogen-bond acceptors (Lipinski definition) is 3. The van der Waals surface area contributed by atoms with Gasteiger partial charge in [-0.25, -0.2) is 4.98 Å². The van der Waals surface area contributed by atoms with Crippen molar-refractivity contribution in [1.29, 1.82) is 0 Å². The lowest BCUT2D eigenvalue weighted by Crippen LogP contribution is -2.10. The van der Waals surface area contributed by atoms with Crippen LogP contribution in [-0.2, 0) is 22.1 Å². The van der Waals surface area contributed by atoms with Gasteiger partial charge in [-0.05, 0) is 28.1 Å².